The van der Waals surface area contributed by atoms with E-state index in [1.165, 1.54) is 46.7 Å². The fourth-order valence-electron chi connectivity index (χ4n) is 14.0. The highest BCUT2D eigenvalue weighted by atomic mass is 35.5. The van der Waals surface area contributed by atoms with E-state index in [0.29, 0.717) is 143 Å². The molecule has 116 heavy (non-hydrogen) atoms. The Labute approximate surface area is 705 Å². The minimum Gasteiger partial charge on any atom is -0.495 e. The predicted octanol–water partition coefficient (Wildman–Crippen LogP) is 13.8. The first-order valence-electron chi connectivity index (χ1n) is 36.7. The molecule has 614 valence electrons. The van der Waals surface area contributed by atoms with E-state index >= 15 is 0 Å². The second kappa shape index (κ2) is 39.3. The molecule has 1 aliphatic carbocycles. The lowest BCUT2D eigenvalue weighted by molar-refractivity contribution is -0.131. The summed E-state index contributed by atoms with van der Waals surface area (Å²) in [6.07, 6.45) is 12.0. The summed E-state index contributed by atoms with van der Waals surface area (Å²) >= 11 is 39.6. The van der Waals surface area contributed by atoms with Gasteiger partial charge in [-0.05, 0) is 111 Å². The topological polar surface area (TPSA) is 291 Å². The Morgan fingerprint density at radius 2 is 0.905 bits per heavy atom. The molecule has 3 unspecified atom stereocenters. The smallest absolute Gasteiger partial charge is 0.243 e. The molecule has 2 saturated heterocycles. The highest BCUT2D eigenvalue weighted by molar-refractivity contribution is 7.98. The minimum absolute atomic E-state index is 0.0272. The quantitative estimate of drug-likeness (QED) is 0.0236. The minimum atomic E-state index is -2.41. The number of nitrogens with one attached hydrogen (secondary N) is 5. The molecule has 3 fully saturated rings. The molecule has 12 rings (SSSR count). The Hall–Kier alpha value is -9.94. The molecule has 5 N–H and O–H groups in total. The Bertz CT molecular complexity index is 5270. The van der Waals surface area contributed by atoms with Gasteiger partial charge < -0.3 is 69.7 Å². The molecule has 0 spiro atoms. The van der Waals surface area contributed by atoms with Crippen molar-refractivity contribution in [2.24, 2.45) is 11.8 Å². The van der Waals surface area contributed by atoms with Crippen LogP contribution in [0.2, 0.25) is 30.1 Å². The largest absolute Gasteiger partial charge is 0.495 e. The number of fused-ring (bicyclic) bond motifs is 3. The summed E-state index contributed by atoms with van der Waals surface area (Å²) in [4.78, 5) is 82.3. The Morgan fingerprint density at radius 1 is 0.517 bits per heavy atom. The summed E-state index contributed by atoms with van der Waals surface area (Å²) in [6, 6.07) is 20.9. The summed E-state index contributed by atoms with van der Waals surface area (Å²) in [6.45, 7) is 18.7. The number of carbonyl (C=O) groups is 4. The number of ether oxygens (including phenoxy) is 6. The van der Waals surface area contributed by atoms with Gasteiger partial charge in [0.1, 0.15) is 40.3 Å². The SMILES string of the molecule is C=CC(=O)NC1CN(C(=O)CN(C)C)CC1Nc1ncc2cc(-c3c(Cl)c(OC)cc(OC)c3Cl)ccc2n1.C=CC(=O)N[C@H]1CN(S(=C)(=O)CC)C[C@H]1Cc1ncc2cc(-c3c(Cl)c(OC)cc(OC)c3Cl)ccc2n1.C=CC(=O)N[C@H]1C[C@H](C(=C)N(C)C)CC[C@H]1Nc1ncc2cc(-c3c(Cl)c(OC)cc(OC)c3Cl)ccc2n1. The maximum absolute atomic E-state index is 12.9. The van der Waals surface area contributed by atoms with Crippen LogP contribution in [0.4, 0.5) is 11.9 Å². The monoisotopic (exact) mass is 1720 g/mol. The van der Waals surface area contributed by atoms with Gasteiger partial charge in [-0.15, -0.1) is 0 Å². The molecule has 6 aromatic carbocycles. The second-order valence-electron chi connectivity index (χ2n) is 28.1. The van der Waals surface area contributed by atoms with Gasteiger partial charge in [0, 0.05) is 167 Å². The summed E-state index contributed by atoms with van der Waals surface area (Å²) in [5.74, 6) is 7.97. The fraction of sp³-hybridized carbons (Fsp3) is 0.337. The van der Waals surface area contributed by atoms with Gasteiger partial charge in [0.2, 0.25) is 35.5 Å². The van der Waals surface area contributed by atoms with E-state index < -0.39 is 9.71 Å². The lowest BCUT2D eigenvalue weighted by Crippen LogP contribution is -2.50. The number of halogens is 6. The van der Waals surface area contributed by atoms with Crippen LogP contribution in [0.5, 0.6) is 34.5 Å². The van der Waals surface area contributed by atoms with Crippen LogP contribution < -0.4 is 55.0 Å². The number of likely N-dealkylation sites (N-methyl/N-ethyl adjacent to an activating group) is 1. The van der Waals surface area contributed by atoms with Crippen LogP contribution >= 0.6 is 69.6 Å². The van der Waals surface area contributed by atoms with Crippen molar-refractivity contribution in [3.63, 3.8) is 0 Å². The zero-order chi connectivity index (χ0) is 84.1. The number of carbonyl (C=O) groups excluding carboxylic acids is 4. The predicted molar refractivity (Wildman–Crippen MR) is 465 cm³/mol. The number of allylic oxidation sites excluding steroid dienone is 1. The maximum atomic E-state index is 12.9. The van der Waals surface area contributed by atoms with E-state index in [-0.39, 0.29) is 72.2 Å². The highest BCUT2D eigenvalue weighted by Crippen LogP contribution is 2.50. The van der Waals surface area contributed by atoms with Crippen molar-refractivity contribution < 1.29 is 51.8 Å². The summed E-state index contributed by atoms with van der Waals surface area (Å²) in [7, 11) is 14.4. The number of benzene rings is 6. The molecule has 0 radical (unpaired) electrons. The van der Waals surface area contributed by atoms with E-state index in [2.05, 4.69) is 78.7 Å². The number of amides is 4. The molecular formula is C83H93Cl6N15O11S. The van der Waals surface area contributed by atoms with Gasteiger partial charge in [0.25, 0.3) is 0 Å². The zero-order valence-corrected chi connectivity index (χ0v) is 71.5. The van der Waals surface area contributed by atoms with Gasteiger partial charge in [-0.3, -0.25) is 23.4 Å². The van der Waals surface area contributed by atoms with Gasteiger partial charge in [-0.25, -0.2) is 34.2 Å². The third kappa shape index (κ3) is 20.5. The van der Waals surface area contributed by atoms with E-state index in [1.807, 2.05) is 104 Å². The number of anilines is 2. The van der Waals surface area contributed by atoms with Crippen molar-refractivity contribution in [1.82, 2.24) is 64.9 Å². The van der Waals surface area contributed by atoms with Crippen LogP contribution in [0, 0.1) is 11.8 Å². The summed E-state index contributed by atoms with van der Waals surface area (Å²) in [5.41, 5.74) is 7.31. The lowest BCUT2D eigenvalue weighted by atomic mass is 9.80. The molecule has 26 nitrogen and oxygen atoms in total. The Balaban J connectivity index is 0.000000184. The fourth-order valence-corrected chi connectivity index (χ4v) is 17.5. The number of likely N-dealkylation sites (tertiary alicyclic amines) is 1. The molecule has 1 saturated carbocycles. The molecule has 3 aromatic heterocycles. The number of rotatable bonds is 27. The second-order valence-corrected chi connectivity index (χ2v) is 33.0. The van der Waals surface area contributed by atoms with Crippen LogP contribution in [0.25, 0.3) is 66.1 Å². The zero-order valence-electron chi connectivity index (χ0n) is 66.2. The lowest BCUT2D eigenvalue weighted by Gasteiger charge is -2.39. The molecule has 33 heteroatoms. The van der Waals surface area contributed by atoms with Gasteiger partial charge >= 0.3 is 0 Å². The number of aromatic nitrogens is 6. The molecular weight excluding hydrogens is 1630 g/mol. The third-order valence-electron chi connectivity index (χ3n) is 20.3. The van der Waals surface area contributed by atoms with E-state index in [0.717, 1.165) is 68.8 Å². The molecule has 0 bridgehead atoms. The normalized spacial score (nSPS) is 18.3. The third-order valence-corrected chi connectivity index (χ3v) is 24.7. The highest BCUT2D eigenvalue weighted by Gasteiger charge is 2.39. The summed E-state index contributed by atoms with van der Waals surface area (Å²) < 4.78 is 47.2. The molecule has 4 amide bonds. The van der Waals surface area contributed by atoms with Crippen LogP contribution in [0.1, 0.15) is 32.0 Å². The van der Waals surface area contributed by atoms with Crippen molar-refractivity contribution in [3.05, 3.63) is 178 Å². The van der Waals surface area contributed by atoms with E-state index in [4.69, 9.17) is 108 Å². The van der Waals surface area contributed by atoms with Crippen LogP contribution in [0.3, 0.4) is 0 Å². The van der Waals surface area contributed by atoms with Crippen LogP contribution in [-0.2, 0) is 35.3 Å². The number of methoxy groups -OCH3 is 6. The van der Waals surface area contributed by atoms with Crippen molar-refractivity contribution in [1.29, 1.82) is 0 Å². The van der Waals surface area contributed by atoms with Gasteiger partial charge in [0.15, 0.2) is 0 Å². The first-order valence-corrected chi connectivity index (χ1v) is 40.9. The van der Waals surface area contributed by atoms with Crippen LogP contribution in [-0.4, -0.2) is 222 Å². The molecule has 2 aliphatic heterocycles. The average Bonchev–Trinajstić information content (AvgIpc) is 1.07. The molecule has 9 aromatic rings. The van der Waals surface area contributed by atoms with E-state index in [9.17, 15) is 23.4 Å². The van der Waals surface area contributed by atoms with Crippen LogP contribution in [0.15, 0.2) is 142 Å². The molecule has 5 heterocycles. The molecule has 8 atom stereocenters. The molecule has 3 aliphatic rings. The first kappa shape index (κ1) is 88.4. The van der Waals surface area contributed by atoms with Gasteiger partial charge in [-0.2, -0.15) is 0 Å². The van der Waals surface area contributed by atoms with Gasteiger partial charge in [0.05, 0.1) is 108 Å². The number of nitrogens with zero attached hydrogens (tertiary/aromatic N) is 10. The van der Waals surface area contributed by atoms with Crippen molar-refractivity contribution >= 4 is 153 Å². The first-order chi connectivity index (χ1) is 55.4. The Kier molecular flexibility index (Phi) is 30.0. The average molecular weight is 1720 g/mol. The van der Waals surface area contributed by atoms with Gasteiger partial charge in [-0.1, -0.05) is 121 Å². The van der Waals surface area contributed by atoms with E-state index in [1.54, 1.807) is 55.9 Å². The Morgan fingerprint density at radius 3 is 1.30 bits per heavy atom. The van der Waals surface area contributed by atoms with Crippen molar-refractivity contribution in [2.45, 2.75) is 62.8 Å². The maximum Gasteiger partial charge on any atom is 0.243 e. The van der Waals surface area contributed by atoms with Crippen molar-refractivity contribution in [3.8, 4) is 67.9 Å². The van der Waals surface area contributed by atoms with Crippen molar-refractivity contribution in [2.75, 3.05) is 120 Å². The summed E-state index contributed by atoms with van der Waals surface area (Å²) in [5, 5.41) is 20.3. The number of hydrogen-bond acceptors (Lipinski definition) is 21. The standard InChI is InChI=1S/C29H33Cl2N5O3.C27H30Cl2N6O4.C27H30Cl2N4O4S/c1-7-25(37)33-22-13-17(16(2)36(3)4)8-11-21(22)35-29-32-15-19-12-18(9-10-20(19)34-29)26-27(30)23(38-5)14-24(39-6)28(26)31;1-6-22(36)31-18-12-35(23(37)14-34(2)3)13-19(18)33-27-30-11-16-9-15(7-8-17(16)32-27)24-25(28)20(38-4)10-21(39-5)26(24)29;1-6-24(34)32-20-15-33(38(5,35)7-2)14-18(20)11-23-30-13-17-10-16(8-9-19(17)31-23)25-26(28)21(36-3)12-22(37-4)27(25)29/h7,9-10,12,14-15,17,21-22H,1-2,8,11,13H2,3-6H3,(H,33,37)(H,32,34,35);6-11,18-19H,1,12-14H2,2-5H3,(H,31,36)(H,30,32,33);6,8-10,12-13,18,20H,1,5,7,11,14-15H2,2-4H3,(H,32,34)/t17-,21-,22+;;18-,20+,38?/m1.1/s1. The number of hydrogen-bond donors (Lipinski definition) is 5.